The fraction of sp³-hybridized carbons (Fsp3) is 0.0588. The number of esters is 1. The summed E-state index contributed by atoms with van der Waals surface area (Å²) in [6, 6.07) is 11.1. The topological polar surface area (TPSA) is 124 Å². The van der Waals surface area contributed by atoms with Gasteiger partial charge in [0.15, 0.2) is 6.61 Å². The van der Waals surface area contributed by atoms with Crippen molar-refractivity contribution >= 4 is 52.1 Å². The summed E-state index contributed by atoms with van der Waals surface area (Å²) in [5.74, 6) is -1.33. The highest BCUT2D eigenvalue weighted by Gasteiger charge is 2.12. The summed E-state index contributed by atoms with van der Waals surface area (Å²) in [7, 11) is 0. The molecule has 10 heteroatoms. The Kier molecular flexibility index (Phi) is 5.47. The number of ether oxygens (including phenoxy) is 1. The Balaban J connectivity index is 1.57. The van der Waals surface area contributed by atoms with E-state index in [0.717, 1.165) is 17.8 Å². The zero-order valence-electron chi connectivity index (χ0n) is 13.7. The molecule has 1 amide bonds. The zero-order valence-corrected chi connectivity index (χ0v) is 14.5. The van der Waals surface area contributed by atoms with Gasteiger partial charge in [0.1, 0.15) is 11.0 Å². The van der Waals surface area contributed by atoms with Crippen LogP contribution in [0.25, 0.3) is 17.1 Å². The first kappa shape index (κ1) is 18.1. The Morgan fingerprint density at radius 2 is 2.00 bits per heavy atom. The zero-order chi connectivity index (χ0) is 19.2. The number of nitro groups is 1. The van der Waals surface area contributed by atoms with Gasteiger partial charge in [-0.1, -0.05) is 18.2 Å². The molecule has 9 nitrogen and oxygen atoms in total. The molecule has 0 radical (unpaired) electrons. The quantitative estimate of drug-likeness (QED) is 0.300. The van der Waals surface area contributed by atoms with Crippen molar-refractivity contribution in [2.24, 2.45) is 0 Å². The van der Waals surface area contributed by atoms with E-state index >= 15 is 0 Å². The highest BCUT2D eigenvalue weighted by Crippen LogP contribution is 2.21. The second-order valence-corrected chi connectivity index (χ2v) is 5.77. The summed E-state index contributed by atoms with van der Waals surface area (Å²) in [5, 5.41) is 13.5. The fourth-order valence-corrected chi connectivity index (χ4v) is 2.78. The van der Waals surface area contributed by atoms with Gasteiger partial charge in [0.05, 0.1) is 27.9 Å². The lowest BCUT2D eigenvalue weighted by molar-refractivity contribution is -0.385. The lowest BCUT2D eigenvalue weighted by Crippen LogP contribution is -2.20. The third-order valence-corrected chi connectivity index (χ3v) is 3.98. The van der Waals surface area contributed by atoms with E-state index in [-0.39, 0.29) is 11.3 Å². The minimum Gasteiger partial charge on any atom is -0.452 e. The Morgan fingerprint density at radius 3 is 2.81 bits per heavy atom. The van der Waals surface area contributed by atoms with Crippen LogP contribution in [0.3, 0.4) is 0 Å². The van der Waals surface area contributed by atoms with Crippen molar-refractivity contribution in [3.8, 4) is 0 Å². The van der Waals surface area contributed by atoms with Gasteiger partial charge in [-0.05, 0) is 24.3 Å². The summed E-state index contributed by atoms with van der Waals surface area (Å²) >= 11 is 1.03. The molecule has 0 saturated carbocycles. The Hall–Kier alpha value is -3.66. The summed E-state index contributed by atoms with van der Waals surface area (Å²) in [4.78, 5) is 34.1. The smallest absolute Gasteiger partial charge is 0.331 e. The molecule has 2 aromatic carbocycles. The standard InChI is InChI=1S/C17H12N4O5S/c22-15(18-12-5-3-6-13-17(12)20-27-19-13)10-26-16(23)9-8-11-4-1-2-7-14(11)21(24)25/h1-9H,10H2,(H,18,22)/b9-8+. The van der Waals surface area contributed by atoms with Crippen molar-refractivity contribution in [3.63, 3.8) is 0 Å². The first-order valence-electron chi connectivity index (χ1n) is 7.64. The predicted molar refractivity (Wildman–Crippen MR) is 99.1 cm³/mol. The molecule has 0 aliphatic carbocycles. The SMILES string of the molecule is O=C(COC(=O)/C=C/c1ccccc1[N+](=O)[O-])Nc1cccc2nsnc12. The lowest BCUT2D eigenvalue weighted by Gasteiger charge is -2.05. The maximum atomic E-state index is 12.0. The van der Waals surface area contributed by atoms with Crippen molar-refractivity contribution in [1.82, 2.24) is 8.75 Å². The number of carbonyl (C=O) groups excluding carboxylic acids is 2. The highest BCUT2D eigenvalue weighted by atomic mass is 32.1. The van der Waals surface area contributed by atoms with Crippen LogP contribution in [-0.4, -0.2) is 32.2 Å². The van der Waals surface area contributed by atoms with E-state index < -0.39 is 23.4 Å². The van der Waals surface area contributed by atoms with Crippen molar-refractivity contribution in [2.75, 3.05) is 11.9 Å². The molecule has 0 atom stereocenters. The number of nitrogens with one attached hydrogen (secondary N) is 1. The molecule has 0 bridgehead atoms. The van der Waals surface area contributed by atoms with Gasteiger partial charge in [0.2, 0.25) is 0 Å². The van der Waals surface area contributed by atoms with Crippen molar-refractivity contribution in [2.45, 2.75) is 0 Å². The van der Waals surface area contributed by atoms with E-state index in [1.54, 1.807) is 24.3 Å². The number of rotatable bonds is 6. The second kappa shape index (κ2) is 8.15. The van der Waals surface area contributed by atoms with Crippen LogP contribution in [0.4, 0.5) is 11.4 Å². The minimum atomic E-state index is -0.795. The lowest BCUT2D eigenvalue weighted by atomic mass is 10.1. The van der Waals surface area contributed by atoms with Gasteiger partial charge in [0.25, 0.3) is 11.6 Å². The van der Waals surface area contributed by atoms with Crippen LogP contribution >= 0.6 is 11.7 Å². The van der Waals surface area contributed by atoms with Crippen LogP contribution in [0.15, 0.2) is 48.5 Å². The van der Waals surface area contributed by atoms with E-state index in [0.29, 0.717) is 16.7 Å². The van der Waals surface area contributed by atoms with Gasteiger partial charge in [-0.25, -0.2) is 4.79 Å². The molecule has 136 valence electrons. The van der Waals surface area contributed by atoms with Crippen LogP contribution in [0.1, 0.15) is 5.56 Å². The van der Waals surface area contributed by atoms with Crippen LogP contribution in [0.2, 0.25) is 0 Å². The number of carbonyl (C=O) groups is 2. The molecule has 0 saturated heterocycles. The maximum Gasteiger partial charge on any atom is 0.331 e. The highest BCUT2D eigenvalue weighted by molar-refractivity contribution is 7.00. The molecule has 0 unspecified atom stereocenters. The molecule has 0 aliphatic heterocycles. The molecule has 0 spiro atoms. The summed E-state index contributed by atoms with van der Waals surface area (Å²) in [6.07, 6.45) is 2.29. The molecule has 0 fully saturated rings. The molecular weight excluding hydrogens is 372 g/mol. The van der Waals surface area contributed by atoms with E-state index in [1.165, 1.54) is 24.3 Å². The van der Waals surface area contributed by atoms with Gasteiger partial charge in [-0.15, -0.1) is 0 Å². The number of amides is 1. The van der Waals surface area contributed by atoms with Gasteiger partial charge in [-0.2, -0.15) is 8.75 Å². The second-order valence-electron chi connectivity index (χ2n) is 5.24. The van der Waals surface area contributed by atoms with Crippen LogP contribution in [0.5, 0.6) is 0 Å². The number of fused-ring (bicyclic) bond motifs is 1. The molecule has 3 rings (SSSR count). The van der Waals surface area contributed by atoms with Crippen LogP contribution in [-0.2, 0) is 14.3 Å². The predicted octanol–water partition coefficient (Wildman–Crippen LogP) is 2.79. The van der Waals surface area contributed by atoms with Gasteiger partial charge in [-0.3, -0.25) is 14.9 Å². The first-order chi connectivity index (χ1) is 13.0. The third kappa shape index (κ3) is 4.50. The van der Waals surface area contributed by atoms with E-state index in [2.05, 4.69) is 14.1 Å². The molecule has 1 N–H and O–H groups in total. The summed E-state index contributed by atoms with van der Waals surface area (Å²) in [6.45, 7) is -0.506. The molecular formula is C17H12N4O5S. The number of hydrogen-bond acceptors (Lipinski definition) is 8. The third-order valence-electron chi connectivity index (χ3n) is 3.44. The molecule has 1 heterocycles. The number of anilines is 1. The fourth-order valence-electron chi connectivity index (χ4n) is 2.23. The van der Waals surface area contributed by atoms with Gasteiger partial charge >= 0.3 is 5.97 Å². The monoisotopic (exact) mass is 384 g/mol. The summed E-state index contributed by atoms with van der Waals surface area (Å²) < 4.78 is 13.0. The Bertz CT molecular complexity index is 1050. The van der Waals surface area contributed by atoms with Crippen molar-refractivity contribution in [1.29, 1.82) is 0 Å². The largest absolute Gasteiger partial charge is 0.452 e. The number of benzene rings is 2. The maximum absolute atomic E-state index is 12.0. The molecule has 27 heavy (non-hydrogen) atoms. The van der Waals surface area contributed by atoms with Gasteiger partial charge < -0.3 is 10.1 Å². The number of nitro benzene ring substituents is 1. The normalized spacial score (nSPS) is 10.8. The molecule has 3 aromatic rings. The molecule has 0 aliphatic rings. The van der Waals surface area contributed by atoms with Gasteiger partial charge in [0, 0.05) is 12.1 Å². The number of nitrogens with zero attached hydrogens (tertiary/aromatic N) is 3. The number of para-hydroxylation sites is 1. The minimum absolute atomic E-state index is 0.135. The average molecular weight is 384 g/mol. The average Bonchev–Trinajstić information content (AvgIpc) is 3.15. The van der Waals surface area contributed by atoms with E-state index in [9.17, 15) is 19.7 Å². The van der Waals surface area contributed by atoms with Crippen LogP contribution < -0.4 is 5.32 Å². The van der Waals surface area contributed by atoms with Crippen LogP contribution in [0, 0.1) is 10.1 Å². The van der Waals surface area contributed by atoms with E-state index in [1.807, 2.05) is 0 Å². The van der Waals surface area contributed by atoms with Crippen molar-refractivity contribution < 1.29 is 19.2 Å². The first-order valence-corrected chi connectivity index (χ1v) is 8.37. The van der Waals surface area contributed by atoms with Crippen molar-refractivity contribution in [3.05, 3.63) is 64.2 Å². The number of hydrogen-bond donors (Lipinski definition) is 1. The summed E-state index contributed by atoms with van der Waals surface area (Å²) in [5.41, 5.74) is 1.80. The van der Waals surface area contributed by atoms with E-state index in [4.69, 9.17) is 4.74 Å². The molecule has 1 aromatic heterocycles. The Labute approximate surface area is 156 Å². The number of aromatic nitrogens is 2. The Morgan fingerprint density at radius 1 is 1.19 bits per heavy atom.